The highest BCUT2D eigenvalue weighted by atomic mass is 16.5. The monoisotopic (exact) mass is 467 g/mol. The highest BCUT2D eigenvalue weighted by Gasteiger charge is 2.26. The standard InChI is InChI=1S/C24H29N5O5/c1-24(2,32)14-33-17-7-8-20-18(12-27-29(20)13-17)23(31)28-15-3-5-16(6-4-15)34-21-9-10-26-11-19(21)22(25)30/h7-13,15-16,32H,3-6,14H2,1-2H3,(H2,25,30)(H,28,31). The Labute approximate surface area is 197 Å². The number of hydrogen-bond acceptors (Lipinski definition) is 7. The number of nitrogens with two attached hydrogens (primary N) is 1. The molecule has 3 aromatic heterocycles. The van der Waals surface area contributed by atoms with E-state index in [1.165, 1.54) is 12.4 Å². The Morgan fingerprint density at radius 2 is 1.94 bits per heavy atom. The van der Waals surface area contributed by atoms with Gasteiger partial charge in [-0.25, -0.2) is 4.52 Å². The normalized spacial score (nSPS) is 18.4. The second-order valence-corrected chi connectivity index (χ2v) is 9.15. The summed E-state index contributed by atoms with van der Waals surface area (Å²) in [5.74, 6) is 0.229. The van der Waals surface area contributed by atoms with Gasteiger partial charge in [0.15, 0.2) is 0 Å². The molecule has 180 valence electrons. The van der Waals surface area contributed by atoms with Crippen LogP contribution in [0.3, 0.4) is 0 Å². The first-order chi connectivity index (χ1) is 16.2. The fourth-order valence-corrected chi connectivity index (χ4v) is 3.92. The maximum absolute atomic E-state index is 12.9. The van der Waals surface area contributed by atoms with E-state index in [1.54, 1.807) is 49.0 Å². The molecule has 1 saturated carbocycles. The van der Waals surface area contributed by atoms with Gasteiger partial charge >= 0.3 is 0 Å². The number of rotatable bonds is 8. The fraction of sp³-hybridized carbons (Fsp3) is 0.417. The quantitative estimate of drug-likeness (QED) is 0.461. The summed E-state index contributed by atoms with van der Waals surface area (Å²) < 4.78 is 13.2. The summed E-state index contributed by atoms with van der Waals surface area (Å²) in [6.45, 7) is 3.47. The number of ether oxygens (including phenoxy) is 2. The zero-order valence-corrected chi connectivity index (χ0v) is 19.2. The number of carbonyl (C=O) groups is 2. The lowest BCUT2D eigenvalue weighted by Crippen LogP contribution is -2.39. The van der Waals surface area contributed by atoms with E-state index in [0.29, 0.717) is 22.6 Å². The Kier molecular flexibility index (Phi) is 6.69. The molecule has 4 N–H and O–H groups in total. The molecule has 1 fully saturated rings. The molecule has 4 rings (SSSR count). The molecule has 10 heteroatoms. The van der Waals surface area contributed by atoms with Crippen LogP contribution in [0.15, 0.2) is 43.0 Å². The van der Waals surface area contributed by atoms with E-state index in [9.17, 15) is 14.7 Å². The predicted molar refractivity (Wildman–Crippen MR) is 124 cm³/mol. The van der Waals surface area contributed by atoms with Gasteiger partial charge in [-0.1, -0.05) is 0 Å². The number of aliphatic hydroxyl groups is 1. The molecule has 1 aliphatic carbocycles. The summed E-state index contributed by atoms with van der Waals surface area (Å²) in [5.41, 5.74) is 5.86. The molecular formula is C24H29N5O5. The molecule has 0 atom stereocenters. The van der Waals surface area contributed by atoms with Gasteiger partial charge in [0.2, 0.25) is 0 Å². The maximum atomic E-state index is 12.9. The first-order valence-electron chi connectivity index (χ1n) is 11.2. The molecule has 10 nitrogen and oxygen atoms in total. The Morgan fingerprint density at radius 1 is 1.18 bits per heavy atom. The van der Waals surface area contributed by atoms with Gasteiger partial charge in [0.1, 0.15) is 18.1 Å². The predicted octanol–water partition coefficient (Wildman–Crippen LogP) is 2.10. The molecule has 2 amide bonds. The fourth-order valence-electron chi connectivity index (χ4n) is 3.92. The third-order valence-electron chi connectivity index (χ3n) is 5.68. The molecule has 0 unspecified atom stereocenters. The Morgan fingerprint density at radius 3 is 2.65 bits per heavy atom. The summed E-state index contributed by atoms with van der Waals surface area (Å²) in [5, 5.41) is 17.2. The van der Waals surface area contributed by atoms with Crippen LogP contribution in [0.4, 0.5) is 0 Å². The molecule has 0 bridgehead atoms. The van der Waals surface area contributed by atoms with Gasteiger partial charge in [-0.2, -0.15) is 5.10 Å². The number of aromatic nitrogens is 3. The summed E-state index contributed by atoms with van der Waals surface area (Å²) >= 11 is 0. The minimum Gasteiger partial charge on any atom is -0.489 e. The summed E-state index contributed by atoms with van der Waals surface area (Å²) in [7, 11) is 0. The van der Waals surface area contributed by atoms with Crippen LogP contribution in [-0.2, 0) is 0 Å². The molecular weight excluding hydrogens is 438 g/mol. The first kappa shape index (κ1) is 23.5. The van der Waals surface area contributed by atoms with Gasteiger partial charge in [-0.05, 0) is 57.7 Å². The van der Waals surface area contributed by atoms with Crippen molar-refractivity contribution in [2.24, 2.45) is 5.73 Å². The smallest absolute Gasteiger partial charge is 0.255 e. The van der Waals surface area contributed by atoms with Crippen molar-refractivity contribution in [2.75, 3.05) is 6.61 Å². The van der Waals surface area contributed by atoms with Crippen LogP contribution in [0, 0.1) is 0 Å². The van der Waals surface area contributed by atoms with Gasteiger partial charge < -0.3 is 25.6 Å². The molecule has 34 heavy (non-hydrogen) atoms. The van der Waals surface area contributed by atoms with Gasteiger partial charge in [0, 0.05) is 18.4 Å². The summed E-state index contributed by atoms with van der Waals surface area (Å²) in [6.07, 6.45) is 9.10. The number of carbonyl (C=O) groups excluding carboxylic acids is 2. The summed E-state index contributed by atoms with van der Waals surface area (Å²) in [4.78, 5) is 28.4. The molecule has 1 aliphatic rings. The van der Waals surface area contributed by atoms with E-state index in [0.717, 1.165) is 25.7 Å². The third kappa shape index (κ3) is 5.63. The Balaban J connectivity index is 1.33. The first-order valence-corrected chi connectivity index (χ1v) is 11.2. The van der Waals surface area contributed by atoms with E-state index in [-0.39, 0.29) is 30.2 Å². The highest BCUT2D eigenvalue weighted by molar-refractivity contribution is 6.00. The van der Waals surface area contributed by atoms with E-state index in [4.69, 9.17) is 15.2 Å². The number of hydrogen-bond donors (Lipinski definition) is 3. The topological polar surface area (TPSA) is 141 Å². The maximum Gasteiger partial charge on any atom is 0.255 e. The zero-order valence-electron chi connectivity index (χ0n) is 19.2. The SMILES string of the molecule is CC(C)(O)COc1ccc2c(C(=O)NC3CCC(Oc4ccncc4C(N)=O)CC3)cnn2c1. The van der Waals surface area contributed by atoms with E-state index in [2.05, 4.69) is 15.4 Å². The lowest BCUT2D eigenvalue weighted by molar-refractivity contribution is 0.0283. The van der Waals surface area contributed by atoms with Crippen LogP contribution in [-0.4, -0.2) is 55.9 Å². The van der Waals surface area contributed by atoms with Crippen molar-refractivity contribution >= 4 is 17.3 Å². The van der Waals surface area contributed by atoms with Gasteiger partial charge in [0.25, 0.3) is 11.8 Å². The van der Waals surface area contributed by atoms with Crippen molar-refractivity contribution in [3.63, 3.8) is 0 Å². The molecule has 0 aromatic carbocycles. The minimum atomic E-state index is -0.948. The molecule has 0 radical (unpaired) electrons. The number of amides is 2. The van der Waals surface area contributed by atoms with Crippen molar-refractivity contribution in [3.05, 3.63) is 54.1 Å². The van der Waals surface area contributed by atoms with Crippen LogP contribution >= 0.6 is 0 Å². The van der Waals surface area contributed by atoms with Crippen molar-refractivity contribution in [3.8, 4) is 11.5 Å². The second kappa shape index (κ2) is 9.68. The van der Waals surface area contributed by atoms with Gasteiger partial charge in [-0.3, -0.25) is 14.6 Å². The van der Waals surface area contributed by atoms with Crippen LogP contribution in [0.2, 0.25) is 0 Å². The molecule has 3 heterocycles. The average Bonchev–Trinajstić information content (AvgIpc) is 3.22. The minimum absolute atomic E-state index is 0.0183. The van der Waals surface area contributed by atoms with Gasteiger partial charge in [0.05, 0.1) is 40.7 Å². The number of pyridine rings is 2. The van der Waals surface area contributed by atoms with E-state index in [1.807, 2.05) is 0 Å². The van der Waals surface area contributed by atoms with Crippen molar-refractivity contribution in [1.82, 2.24) is 19.9 Å². The van der Waals surface area contributed by atoms with E-state index >= 15 is 0 Å². The highest BCUT2D eigenvalue weighted by Crippen LogP contribution is 2.26. The molecule has 0 spiro atoms. The van der Waals surface area contributed by atoms with Crippen LogP contribution in [0.1, 0.15) is 60.2 Å². The number of nitrogens with one attached hydrogen (secondary N) is 1. The number of primary amides is 1. The average molecular weight is 468 g/mol. The van der Waals surface area contributed by atoms with Gasteiger partial charge in [-0.15, -0.1) is 0 Å². The van der Waals surface area contributed by atoms with Crippen LogP contribution < -0.4 is 20.5 Å². The molecule has 3 aromatic rings. The largest absolute Gasteiger partial charge is 0.489 e. The van der Waals surface area contributed by atoms with E-state index < -0.39 is 11.5 Å². The second-order valence-electron chi connectivity index (χ2n) is 9.15. The van der Waals surface area contributed by atoms with Crippen LogP contribution in [0.5, 0.6) is 11.5 Å². The molecule has 0 saturated heterocycles. The number of nitrogens with zero attached hydrogens (tertiary/aromatic N) is 3. The van der Waals surface area contributed by atoms with Crippen molar-refractivity contribution in [1.29, 1.82) is 0 Å². The Hall–Kier alpha value is -3.66. The van der Waals surface area contributed by atoms with Crippen molar-refractivity contribution < 1.29 is 24.2 Å². The third-order valence-corrected chi connectivity index (χ3v) is 5.68. The van der Waals surface area contributed by atoms with Crippen molar-refractivity contribution in [2.45, 2.75) is 57.3 Å². The molecule has 0 aliphatic heterocycles. The van der Waals surface area contributed by atoms with Crippen LogP contribution in [0.25, 0.3) is 5.52 Å². The zero-order chi connectivity index (χ0) is 24.3. The number of fused-ring (bicyclic) bond motifs is 1. The lowest BCUT2D eigenvalue weighted by Gasteiger charge is -2.29. The lowest BCUT2D eigenvalue weighted by atomic mass is 9.92. The Bertz CT molecular complexity index is 1180. The summed E-state index contributed by atoms with van der Waals surface area (Å²) in [6, 6.07) is 5.18.